The molecule has 0 radical (unpaired) electrons. The van der Waals surface area contributed by atoms with E-state index in [9.17, 15) is 0 Å². The third kappa shape index (κ3) is 3.98. The largest absolute Gasteiger partial charge is 0.329 e. The van der Waals surface area contributed by atoms with Crippen molar-refractivity contribution in [3.63, 3.8) is 0 Å². The Bertz CT molecular complexity index is 632. The summed E-state index contributed by atoms with van der Waals surface area (Å²) in [4.78, 5) is 9.22. The number of rotatable bonds is 3. The van der Waals surface area contributed by atoms with Crippen molar-refractivity contribution in [3.8, 4) is 0 Å². The Kier molecular flexibility index (Phi) is 4.82. The predicted octanol–water partition coefficient (Wildman–Crippen LogP) is 3.22. The zero-order valence-electron chi connectivity index (χ0n) is 10.6. The molecule has 0 aliphatic rings. The van der Waals surface area contributed by atoms with Gasteiger partial charge in [0.1, 0.15) is 15.6 Å². The second-order valence-corrected chi connectivity index (χ2v) is 4.89. The Hall–Kier alpha value is -1.52. The molecule has 0 saturated carbocycles. The second-order valence-electron chi connectivity index (χ2n) is 4.04. The standard InChI is InChI=1S/C14H14ClN3S/c1-2-14(19)17-13-5-3-4-8-18(13)10-11-6-7-12(15)16-9-11/h3-9H,2,10H2,1H3. The lowest BCUT2D eigenvalue weighted by atomic mass is 10.3. The van der Waals surface area contributed by atoms with Crippen LogP contribution in [0.2, 0.25) is 5.15 Å². The van der Waals surface area contributed by atoms with Crippen LogP contribution in [0.3, 0.4) is 0 Å². The van der Waals surface area contributed by atoms with Crippen LogP contribution in [0, 0.1) is 0 Å². The van der Waals surface area contributed by atoms with Crippen molar-refractivity contribution in [1.82, 2.24) is 9.55 Å². The minimum Gasteiger partial charge on any atom is -0.329 e. The molecule has 0 aliphatic heterocycles. The van der Waals surface area contributed by atoms with Gasteiger partial charge in [0.15, 0.2) is 0 Å². The lowest BCUT2D eigenvalue weighted by Gasteiger charge is -2.07. The Labute approximate surface area is 122 Å². The van der Waals surface area contributed by atoms with Crippen LogP contribution in [0.25, 0.3) is 0 Å². The SMILES string of the molecule is CCC(=S)N=c1ccccn1Cc1ccc(Cl)nc1. The molecule has 0 spiro atoms. The molecule has 2 aromatic rings. The number of thiocarbonyl (C=S) groups is 1. The van der Waals surface area contributed by atoms with Crippen molar-refractivity contribution in [2.75, 3.05) is 0 Å². The Morgan fingerprint density at radius 3 is 2.89 bits per heavy atom. The molecule has 0 fully saturated rings. The van der Waals surface area contributed by atoms with Gasteiger partial charge in [-0.15, -0.1) is 0 Å². The first-order valence-electron chi connectivity index (χ1n) is 6.02. The van der Waals surface area contributed by atoms with Gasteiger partial charge in [0.05, 0.1) is 6.54 Å². The molecule has 2 rings (SSSR count). The maximum Gasteiger partial charge on any atom is 0.134 e. The topological polar surface area (TPSA) is 30.2 Å². The van der Waals surface area contributed by atoms with E-state index in [4.69, 9.17) is 23.8 Å². The summed E-state index contributed by atoms with van der Waals surface area (Å²) >= 11 is 10.9. The summed E-state index contributed by atoms with van der Waals surface area (Å²) in [7, 11) is 0. The van der Waals surface area contributed by atoms with E-state index in [-0.39, 0.29) is 0 Å². The third-order valence-electron chi connectivity index (χ3n) is 2.60. The summed E-state index contributed by atoms with van der Waals surface area (Å²) in [5.41, 5.74) is 1.92. The van der Waals surface area contributed by atoms with Crippen molar-refractivity contribution >= 4 is 28.8 Å². The molecule has 5 heteroatoms. The first-order chi connectivity index (χ1) is 9.19. The van der Waals surface area contributed by atoms with Crippen molar-refractivity contribution < 1.29 is 0 Å². The van der Waals surface area contributed by atoms with E-state index in [1.165, 1.54) is 0 Å². The summed E-state index contributed by atoms with van der Waals surface area (Å²) in [5, 5.41) is 0.499. The van der Waals surface area contributed by atoms with Gasteiger partial charge in [0.2, 0.25) is 0 Å². The van der Waals surface area contributed by atoms with E-state index in [0.717, 1.165) is 17.5 Å². The van der Waals surface area contributed by atoms with Crippen molar-refractivity contribution in [2.45, 2.75) is 19.9 Å². The van der Waals surface area contributed by atoms with Gasteiger partial charge >= 0.3 is 0 Å². The third-order valence-corrected chi connectivity index (χ3v) is 3.20. The summed E-state index contributed by atoms with van der Waals surface area (Å²) in [6.07, 6.45) is 4.52. The van der Waals surface area contributed by atoms with Crippen molar-refractivity contribution in [3.05, 3.63) is 58.9 Å². The molecule has 19 heavy (non-hydrogen) atoms. The van der Waals surface area contributed by atoms with E-state index < -0.39 is 0 Å². The molecule has 0 unspecified atom stereocenters. The Balaban J connectivity index is 2.32. The van der Waals surface area contributed by atoms with Gasteiger partial charge in [0, 0.05) is 12.4 Å². The van der Waals surface area contributed by atoms with Gasteiger partial charge in [0.25, 0.3) is 0 Å². The fourth-order valence-corrected chi connectivity index (χ4v) is 1.81. The number of pyridine rings is 2. The van der Waals surface area contributed by atoms with Crippen LogP contribution in [0.5, 0.6) is 0 Å². The highest BCUT2D eigenvalue weighted by molar-refractivity contribution is 7.80. The average molecular weight is 292 g/mol. The normalized spacial score (nSPS) is 11.6. The molecule has 0 atom stereocenters. The molecule has 2 aromatic heterocycles. The van der Waals surface area contributed by atoms with Gasteiger partial charge in [-0.3, -0.25) is 0 Å². The van der Waals surface area contributed by atoms with E-state index >= 15 is 0 Å². The minimum atomic E-state index is 0.499. The maximum absolute atomic E-state index is 5.78. The number of hydrogen-bond acceptors (Lipinski definition) is 2. The van der Waals surface area contributed by atoms with Crippen LogP contribution in [0.15, 0.2) is 47.7 Å². The first kappa shape index (κ1) is 13.9. The molecule has 0 aromatic carbocycles. The number of aromatic nitrogens is 2. The lowest BCUT2D eigenvalue weighted by molar-refractivity contribution is 0.742. The van der Waals surface area contributed by atoms with Crippen LogP contribution in [-0.4, -0.2) is 14.5 Å². The summed E-state index contributed by atoms with van der Waals surface area (Å²) in [6.45, 7) is 2.69. The first-order valence-corrected chi connectivity index (χ1v) is 6.81. The van der Waals surface area contributed by atoms with Crippen LogP contribution in [0.4, 0.5) is 0 Å². The smallest absolute Gasteiger partial charge is 0.134 e. The van der Waals surface area contributed by atoms with Crippen LogP contribution in [0.1, 0.15) is 18.9 Å². The molecule has 0 aliphatic carbocycles. The second kappa shape index (κ2) is 6.59. The highest BCUT2D eigenvalue weighted by Gasteiger charge is 1.98. The van der Waals surface area contributed by atoms with Crippen LogP contribution >= 0.6 is 23.8 Å². The van der Waals surface area contributed by atoms with Gasteiger partial charge in [-0.2, -0.15) is 0 Å². The molecular formula is C14H14ClN3S. The highest BCUT2D eigenvalue weighted by Crippen LogP contribution is 2.06. The summed E-state index contributed by atoms with van der Waals surface area (Å²) < 4.78 is 2.03. The van der Waals surface area contributed by atoms with Crippen LogP contribution in [-0.2, 0) is 6.54 Å². The highest BCUT2D eigenvalue weighted by atomic mass is 35.5. The Morgan fingerprint density at radius 2 is 2.21 bits per heavy atom. The predicted molar refractivity (Wildman–Crippen MR) is 81.2 cm³/mol. The van der Waals surface area contributed by atoms with E-state index in [1.807, 2.05) is 42.0 Å². The summed E-state index contributed by atoms with van der Waals surface area (Å²) in [5.74, 6) is 0. The van der Waals surface area contributed by atoms with Gasteiger partial charge in [-0.1, -0.05) is 42.9 Å². The van der Waals surface area contributed by atoms with E-state index in [0.29, 0.717) is 16.7 Å². The van der Waals surface area contributed by atoms with Crippen molar-refractivity contribution in [2.24, 2.45) is 4.99 Å². The monoisotopic (exact) mass is 291 g/mol. The van der Waals surface area contributed by atoms with Gasteiger partial charge in [-0.05, 0) is 30.2 Å². The van der Waals surface area contributed by atoms with Gasteiger partial charge < -0.3 is 4.57 Å². The molecule has 0 N–H and O–H groups in total. The van der Waals surface area contributed by atoms with Gasteiger partial charge in [-0.25, -0.2) is 9.98 Å². The average Bonchev–Trinajstić information content (AvgIpc) is 2.43. The Morgan fingerprint density at radius 1 is 1.37 bits per heavy atom. The zero-order chi connectivity index (χ0) is 13.7. The fourth-order valence-electron chi connectivity index (χ4n) is 1.61. The molecule has 0 amide bonds. The maximum atomic E-state index is 5.78. The van der Waals surface area contributed by atoms with E-state index in [1.54, 1.807) is 12.3 Å². The number of halogens is 1. The molecule has 2 heterocycles. The van der Waals surface area contributed by atoms with Crippen molar-refractivity contribution in [1.29, 1.82) is 0 Å². The zero-order valence-corrected chi connectivity index (χ0v) is 12.2. The number of nitrogens with zero attached hydrogens (tertiary/aromatic N) is 3. The number of hydrogen-bond donors (Lipinski definition) is 0. The molecule has 0 bridgehead atoms. The molecule has 3 nitrogen and oxygen atoms in total. The lowest BCUT2D eigenvalue weighted by Crippen LogP contribution is -2.21. The quantitative estimate of drug-likeness (QED) is 0.642. The van der Waals surface area contributed by atoms with E-state index in [2.05, 4.69) is 9.98 Å². The summed E-state index contributed by atoms with van der Waals surface area (Å²) in [6, 6.07) is 9.61. The van der Waals surface area contributed by atoms with Crippen LogP contribution < -0.4 is 5.49 Å². The fraction of sp³-hybridized carbons (Fsp3) is 0.214. The molecular weight excluding hydrogens is 278 g/mol. The minimum absolute atomic E-state index is 0.499. The molecule has 98 valence electrons. The molecule has 0 saturated heterocycles.